The number of carbonyl (C=O) groups excluding carboxylic acids is 1. The minimum atomic E-state index is -0.649. The molecule has 0 aliphatic carbocycles. The van der Waals surface area contributed by atoms with Gasteiger partial charge < -0.3 is 5.73 Å². The van der Waals surface area contributed by atoms with Gasteiger partial charge in [0.05, 0.1) is 0 Å². The van der Waals surface area contributed by atoms with Gasteiger partial charge in [-0.3, -0.25) is 4.79 Å². The number of benzene rings is 1. The van der Waals surface area contributed by atoms with Crippen molar-refractivity contribution in [2.75, 3.05) is 5.73 Å². The van der Waals surface area contributed by atoms with Crippen molar-refractivity contribution in [3.8, 4) is 0 Å². The molecule has 0 unspecified atom stereocenters. The molecule has 5 heteroatoms. The van der Waals surface area contributed by atoms with E-state index in [1.54, 1.807) is 18.2 Å². The van der Waals surface area contributed by atoms with Gasteiger partial charge >= 0.3 is 0 Å². The van der Waals surface area contributed by atoms with Crippen LogP contribution in [0.15, 0.2) is 23.3 Å². The largest absolute Gasteiger partial charge is 0.398 e. The second kappa shape index (κ2) is 3.60. The highest BCUT2D eigenvalue weighted by atomic mass is 16.1. The van der Waals surface area contributed by atoms with E-state index in [0.717, 1.165) is 5.56 Å². The van der Waals surface area contributed by atoms with Crippen molar-refractivity contribution in [1.82, 2.24) is 0 Å². The number of nitrogens with zero attached hydrogens (tertiary/aromatic N) is 3. The van der Waals surface area contributed by atoms with Gasteiger partial charge in [-0.25, -0.2) is 0 Å². The lowest BCUT2D eigenvalue weighted by Crippen LogP contribution is -2.00. The molecule has 0 aromatic heterocycles. The molecule has 0 saturated carbocycles. The number of rotatable bonds is 1. The fourth-order valence-electron chi connectivity index (χ4n) is 0.950. The molecule has 0 heterocycles. The minimum absolute atomic E-state index is 0.248. The summed E-state index contributed by atoms with van der Waals surface area (Å²) in [7, 11) is 0. The average molecular weight is 176 g/mol. The van der Waals surface area contributed by atoms with Gasteiger partial charge in [-0.15, -0.1) is 0 Å². The first-order valence-electron chi connectivity index (χ1n) is 3.60. The highest BCUT2D eigenvalue weighted by Gasteiger charge is 2.06. The summed E-state index contributed by atoms with van der Waals surface area (Å²) in [6, 6.07) is 4.98. The lowest BCUT2D eigenvalue weighted by molar-refractivity contribution is 0.100. The van der Waals surface area contributed by atoms with Gasteiger partial charge in [0, 0.05) is 16.2 Å². The molecule has 1 amide bonds. The molecule has 1 aromatic rings. The smallest absolute Gasteiger partial charge is 0.251 e. The van der Waals surface area contributed by atoms with Gasteiger partial charge in [0.25, 0.3) is 5.91 Å². The maximum absolute atomic E-state index is 11.1. The lowest BCUT2D eigenvalue weighted by atomic mass is 10.1. The topological polar surface area (TPSA) is 91.9 Å². The van der Waals surface area contributed by atoms with Crippen molar-refractivity contribution in [2.24, 2.45) is 5.11 Å². The van der Waals surface area contributed by atoms with Crippen molar-refractivity contribution in [3.63, 3.8) is 0 Å². The zero-order valence-electron chi connectivity index (χ0n) is 7.06. The molecule has 5 nitrogen and oxygen atoms in total. The van der Waals surface area contributed by atoms with Crippen LogP contribution in [0, 0.1) is 6.92 Å². The van der Waals surface area contributed by atoms with Gasteiger partial charge in [0.15, 0.2) is 0 Å². The first-order valence-corrected chi connectivity index (χ1v) is 3.60. The quantitative estimate of drug-likeness (QED) is 0.307. The number of nitrogen functional groups attached to an aromatic ring is 1. The third-order valence-corrected chi connectivity index (χ3v) is 1.57. The Kier molecular flexibility index (Phi) is 2.52. The van der Waals surface area contributed by atoms with E-state index >= 15 is 0 Å². The fourth-order valence-corrected chi connectivity index (χ4v) is 0.950. The van der Waals surface area contributed by atoms with Crippen LogP contribution in [0.1, 0.15) is 15.9 Å². The molecule has 13 heavy (non-hydrogen) atoms. The molecular weight excluding hydrogens is 168 g/mol. The molecule has 0 aliphatic heterocycles. The Morgan fingerprint density at radius 1 is 1.62 bits per heavy atom. The van der Waals surface area contributed by atoms with Gasteiger partial charge in [-0.1, -0.05) is 11.6 Å². The van der Waals surface area contributed by atoms with Gasteiger partial charge in [0.1, 0.15) is 0 Å². The summed E-state index contributed by atoms with van der Waals surface area (Å²) in [4.78, 5) is 13.5. The van der Waals surface area contributed by atoms with Crippen molar-refractivity contribution >= 4 is 11.6 Å². The monoisotopic (exact) mass is 176 g/mol. The molecule has 0 atom stereocenters. The van der Waals surface area contributed by atoms with E-state index in [0.29, 0.717) is 5.69 Å². The van der Waals surface area contributed by atoms with Gasteiger partial charge in [-0.2, -0.15) is 0 Å². The molecule has 0 saturated heterocycles. The zero-order valence-corrected chi connectivity index (χ0v) is 7.06. The summed E-state index contributed by atoms with van der Waals surface area (Å²) >= 11 is 0. The SMILES string of the molecule is Cc1ccc(N)c(C(=O)N=[N+]=[N-])c1. The van der Waals surface area contributed by atoms with E-state index < -0.39 is 5.91 Å². The van der Waals surface area contributed by atoms with Crippen molar-refractivity contribution in [2.45, 2.75) is 6.92 Å². The van der Waals surface area contributed by atoms with Crippen molar-refractivity contribution in [1.29, 1.82) is 0 Å². The van der Waals surface area contributed by atoms with Crippen LogP contribution in [0.3, 0.4) is 0 Å². The number of aryl methyl sites for hydroxylation is 1. The molecule has 1 aromatic carbocycles. The molecule has 0 bridgehead atoms. The molecule has 0 aliphatic rings. The van der Waals surface area contributed by atoms with E-state index in [1.165, 1.54) is 0 Å². The zero-order chi connectivity index (χ0) is 9.84. The molecule has 66 valence electrons. The lowest BCUT2D eigenvalue weighted by Gasteiger charge is -2.01. The summed E-state index contributed by atoms with van der Waals surface area (Å²) in [5.74, 6) is -0.649. The second-order valence-corrected chi connectivity index (χ2v) is 2.59. The predicted molar refractivity (Wildman–Crippen MR) is 49.1 cm³/mol. The van der Waals surface area contributed by atoms with Crippen LogP contribution in [0.2, 0.25) is 0 Å². The summed E-state index contributed by atoms with van der Waals surface area (Å²) in [5, 5.41) is 2.96. The van der Waals surface area contributed by atoms with E-state index in [2.05, 4.69) is 10.0 Å². The highest BCUT2D eigenvalue weighted by molar-refractivity contribution is 5.99. The molecule has 0 spiro atoms. The summed E-state index contributed by atoms with van der Waals surface area (Å²) in [5.41, 5.74) is 15.0. The van der Waals surface area contributed by atoms with Crippen LogP contribution in [0.25, 0.3) is 10.4 Å². The third kappa shape index (κ3) is 1.98. The molecule has 0 fully saturated rings. The van der Waals surface area contributed by atoms with E-state index in [1.807, 2.05) is 6.92 Å². The fraction of sp³-hybridized carbons (Fsp3) is 0.125. The van der Waals surface area contributed by atoms with Crippen LogP contribution in [-0.4, -0.2) is 5.91 Å². The maximum Gasteiger partial charge on any atom is 0.251 e. The number of carbonyl (C=O) groups is 1. The minimum Gasteiger partial charge on any atom is -0.398 e. The summed E-state index contributed by atoms with van der Waals surface area (Å²) in [6.45, 7) is 1.83. The van der Waals surface area contributed by atoms with Crippen LogP contribution >= 0.6 is 0 Å². The first kappa shape index (κ1) is 9.09. The van der Waals surface area contributed by atoms with Crippen molar-refractivity contribution < 1.29 is 4.79 Å². The van der Waals surface area contributed by atoms with Crippen LogP contribution in [0.5, 0.6) is 0 Å². The average Bonchev–Trinajstić information content (AvgIpc) is 2.09. The standard InChI is InChI=1S/C8H8N4O/c1-5-2-3-7(9)6(4-5)8(13)11-12-10/h2-4H,9H2,1H3. The number of amides is 1. The molecule has 0 radical (unpaired) electrons. The van der Waals surface area contributed by atoms with Gasteiger partial charge in [0.2, 0.25) is 0 Å². The predicted octanol–water partition coefficient (Wildman–Crippen LogP) is 2.03. The number of hydrogen-bond acceptors (Lipinski definition) is 2. The second-order valence-electron chi connectivity index (χ2n) is 2.59. The normalized spacial score (nSPS) is 9.00. The van der Waals surface area contributed by atoms with E-state index in [-0.39, 0.29) is 5.56 Å². The van der Waals surface area contributed by atoms with Crippen LogP contribution in [-0.2, 0) is 0 Å². The number of hydrogen-bond donors (Lipinski definition) is 1. The Labute approximate surface area is 74.8 Å². The molecular formula is C8H8N4O. The summed E-state index contributed by atoms with van der Waals surface area (Å²) in [6.07, 6.45) is 0. The maximum atomic E-state index is 11.1. The van der Waals surface area contributed by atoms with E-state index in [4.69, 9.17) is 11.3 Å². The third-order valence-electron chi connectivity index (χ3n) is 1.57. The van der Waals surface area contributed by atoms with Crippen LogP contribution in [0.4, 0.5) is 5.69 Å². The number of nitrogens with two attached hydrogens (primary N) is 1. The number of azide groups is 1. The van der Waals surface area contributed by atoms with Crippen molar-refractivity contribution in [3.05, 3.63) is 39.8 Å². The molecule has 2 N–H and O–H groups in total. The summed E-state index contributed by atoms with van der Waals surface area (Å²) < 4.78 is 0. The Morgan fingerprint density at radius 3 is 2.92 bits per heavy atom. The Morgan fingerprint density at radius 2 is 2.31 bits per heavy atom. The Bertz CT molecular complexity index is 393. The van der Waals surface area contributed by atoms with Crippen LogP contribution < -0.4 is 5.73 Å². The molecule has 1 rings (SSSR count). The Hall–Kier alpha value is -2.00. The van der Waals surface area contributed by atoms with E-state index in [9.17, 15) is 4.79 Å². The first-order chi connectivity index (χ1) is 6.15. The Balaban J connectivity index is 3.20. The highest BCUT2D eigenvalue weighted by Crippen LogP contribution is 2.14. The number of anilines is 1. The van der Waals surface area contributed by atoms with Gasteiger partial charge in [-0.05, 0) is 29.7 Å².